The summed E-state index contributed by atoms with van der Waals surface area (Å²) in [6.45, 7) is 18.3. The van der Waals surface area contributed by atoms with Crippen molar-refractivity contribution in [3.63, 3.8) is 0 Å². The number of hydrogen-bond acceptors (Lipinski definition) is 2. The lowest BCUT2D eigenvalue weighted by Gasteiger charge is -2.35. The van der Waals surface area contributed by atoms with Crippen molar-refractivity contribution in [3.05, 3.63) is 29.8 Å². The van der Waals surface area contributed by atoms with E-state index in [0.717, 1.165) is 13.1 Å². The summed E-state index contributed by atoms with van der Waals surface area (Å²) in [4.78, 5) is 4.98. The van der Waals surface area contributed by atoms with Gasteiger partial charge in [0.2, 0.25) is 0 Å². The Morgan fingerprint density at radius 1 is 0.842 bits per heavy atom. The second kappa shape index (κ2) is 10.9. The summed E-state index contributed by atoms with van der Waals surface area (Å²) in [6.07, 6.45) is 0. The molecule has 0 unspecified atom stereocenters. The lowest BCUT2D eigenvalue weighted by atomic mass is 10.2. The number of rotatable bonds is 2. The van der Waals surface area contributed by atoms with E-state index >= 15 is 0 Å². The highest BCUT2D eigenvalue weighted by atomic mass is 15.3. The molecule has 1 aromatic rings. The standard InChI is InChI=1S/C13H20N2.2C2H6/c1-3-14-8-10-15(11-9-14)13-6-4-12(2)5-7-13;2*1-2/h4-7H,3,8-11H2,1-2H3;2*1-2H3. The predicted octanol–water partition coefficient (Wildman–Crippen LogP) is 4.19. The van der Waals surface area contributed by atoms with Gasteiger partial charge in [-0.15, -0.1) is 0 Å². The summed E-state index contributed by atoms with van der Waals surface area (Å²) in [5.74, 6) is 0. The molecule has 0 aliphatic carbocycles. The molecule has 1 saturated heterocycles. The first-order valence-corrected chi connectivity index (χ1v) is 7.83. The van der Waals surface area contributed by atoms with Crippen LogP contribution in [-0.4, -0.2) is 37.6 Å². The van der Waals surface area contributed by atoms with E-state index in [9.17, 15) is 0 Å². The smallest absolute Gasteiger partial charge is 0.0367 e. The van der Waals surface area contributed by atoms with E-state index in [4.69, 9.17) is 0 Å². The molecule has 1 fully saturated rings. The second-order valence-corrected chi connectivity index (χ2v) is 4.26. The van der Waals surface area contributed by atoms with Gasteiger partial charge in [0, 0.05) is 31.9 Å². The topological polar surface area (TPSA) is 6.48 Å². The minimum absolute atomic E-state index is 1.16. The summed E-state index contributed by atoms with van der Waals surface area (Å²) in [5, 5.41) is 0. The van der Waals surface area contributed by atoms with E-state index in [2.05, 4.69) is 47.9 Å². The fourth-order valence-electron chi connectivity index (χ4n) is 2.08. The van der Waals surface area contributed by atoms with E-state index in [1.54, 1.807) is 0 Å². The summed E-state index contributed by atoms with van der Waals surface area (Å²) in [6, 6.07) is 8.86. The molecule has 1 heterocycles. The lowest BCUT2D eigenvalue weighted by molar-refractivity contribution is 0.271. The molecule has 1 aromatic carbocycles. The minimum Gasteiger partial charge on any atom is -0.369 e. The van der Waals surface area contributed by atoms with E-state index in [-0.39, 0.29) is 0 Å². The summed E-state index contributed by atoms with van der Waals surface area (Å²) in [5.41, 5.74) is 2.71. The van der Waals surface area contributed by atoms with Gasteiger partial charge in [-0.05, 0) is 25.6 Å². The molecule has 0 aromatic heterocycles. The molecule has 1 aliphatic heterocycles. The summed E-state index contributed by atoms with van der Waals surface area (Å²) < 4.78 is 0. The number of hydrogen-bond donors (Lipinski definition) is 0. The maximum atomic E-state index is 2.50. The van der Waals surface area contributed by atoms with E-state index in [1.807, 2.05) is 27.7 Å². The van der Waals surface area contributed by atoms with Crippen molar-refractivity contribution >= 4 is 5.69 Å². The minimum atomic E-state index is 1.16. The summed E-state index contributed by atoms with van der Waals surface area (Å²) >= 11 is 0. The zero-order valence-electron chi connectivity index (χ0n) is 13.7. The third-order valence-electron chi connectivity index (χ3n) is 3.22. The summed E-state index contributed by atoms with van der Waals surface area (Å²) in [7, 11) is 0. The number of likely N-dealkylation sites (N-methyl/N-ethyl adjacent to an activating group) is 1. The van der Waals surface area contributed by atoms with Crippen molar-refractivity contribution in [1.29, 1.82) is 0 Å². The Kier molecular flexibility index (Phi) is 10.3. The Labute approximate surface area is 120 Å². The first-order chi connectivity index (χ1) is 9.29. The Morgan fingerprint density at radius 3 is 1.74 bits per heavy atom. The average Bonchev–Trinajstić information content (AvgIpc) is 2.52. The Hall–Kier alpha value is -1.02. The van der Waals surface area contributed by atoms with E-state index in [1.165, 1.54) is 30.9 Å². The van der Waals surface area contributed by atoms with Crippen molar-refractivity contribution in [2.75, 3.05) is 37.6 Å². The van der Waals surface area contributed by atoms with Crippen molar-refractivity contribution in [3.8, 4) is 0 Å². The van der Waals surface area contributed by atoms with Gasteiger partial charge in [0.15, 0.2) is 0 Å². The van der Waals surface area contributed by atoms with Gasteiger partial charge in [-0.3, -0.25) is 0 Å². The highest BCUT2D eigenvalue weighted by Gasteiger charge is 2.15. The highest BCUT2D eigenvalue weighted by molar-refractivity contribution is 5.47. The van der Waals surface area contributed by atoms with Gasteiger partial charge in [-0.2, -0.15) is 0 Å². The zero-order chi connectivity index (χ0) is 14.7. The molecule has 2 rings (SSSR count). The monoisotopic (exact) mass is 264 g/mol. The van der Waals surface area contributed by atoms with Gasteiger partial charge >= 0.3 is 0 Å². The number of anilines is 1. The van der Waals surface area contributed by atoms with Crippen LogP contribution in [0.2, 0.25) is 0 Å². The van der Waals surface area contributed by atoms with Crippen molar-refractivity contribution < 1.29 is 0 Å². The fourth-order valence-corrected chi connectivity index (χ4v) is 2.08. The second-order valence-electron chi connectivity index (χ2n) is 4.26. The molecule has 19 heavy (non-hydrogen) atoms. The van der Waals surface area contributed by atoms with Crippen LogP contribution in [0.3, 0.4) is 0 Å². The van der Waals surface area contributed by atoms with Crippen LogP contribution < -0.4 is 4.90 Å². The van der Waals surface area contributed by atoms with Crippen molar-refractivity contribution in [2.45, 2.75) is 41.5 Å². The quantitative estimate of drug-likeness (QED) is 0.790. The molecular weight excluding hydrogens is 232 g/mol. The third kappa shape index (κ3) is 6.11. The van der Waals surface area contributed by atoms with Gasteiger partial charge in [-0.1, -0.05) is 52.3 Å². The molecule has 0 atom stereocenters. The average molecular weight is 264 g/mol. The predicted molar refractivity (Wildman–Crippen MR) is 88.2 cm³/mol. The lowest BCUT2D eigenvalue weighted by Crippen LogP contribution is -2.46. The number of nitrogens with zero attached hydrogens (tertiary/aromatic N) is 2. The van der Waals surface area contributed by atoms with Gasteiger partial charge in [0.1, 0.15) is 0 Å². The highest BCUT2D eigenvalue weighted by Crippen LogP contribution is 2.16. The molecule has 1 aliphatic rings. The van der Waals surface area contributed by atoms with Gasteiger partial charge in [0.05, 0.1) is 0 Å². The number of benzene rings is 1. The largest absolute Gasteiger partial charge is 0.369 e. The van der Waals surface area contributed by atoms with Gasteiger partial charge in [-0.25, -0.2) is 0 Å². The molecule has 0 amide bonds. The molecule has 2 heteroatoms. The fraction of sp³-hybridized carbons (Fsp3) is 0.647. The molecule has 110 valence electrons. The van der Waals surface area contributed by atoms with Gasteiger partial charge < -0.3 is 9.80 Å². The van der Waals surface area contributed by atoms with Crippen LogP contribution in [0.25, 0.3) is 0 Å². The Balaban J connectivity index is 0.000000741. The number of piperazine rings is 1. The normalized spacial score (nSPS) is 14.9. The maximum absolute atomic E-state index is 2.50. The van der Waals surface area contributed by atoms with Crippen molar-refractivity contribution in [1.82, 2.24) is 4.90 Å². The third-order valence-corrected chi connectivity index (χ3v) is 3.22. The molecular formula is C17H32N2. The van der Waals surface area contributed by atoms with Crippen LogP contribution in [-0.2, 0) is 0 Å². The van der Waals surface area contributed by atoms with E-state index < -0.39 is 0 Å². The van der Waals surface area contributed by atoms with Crippen LogP contribution in [0.5, 0.6) is 0 Å². The maximum Gasteiger partial charge on any atom is 0.0367 e. The SMILES string of the molecule is CC.CC.CCN1CCN(c2ccc(C)cc2)CC1. The van der Waals surface area contributed by atoms with Crippen LogP contribution in [0.1, 0.15) is 40.2 Å². The molecule has 0 bridgehead atoms. The first kappa shape index (κ1) is 18.0. The van der Waals surface area contributed by atoms with Gasteiger partial charge in [0.25, 0.3) is 0 Å². The first-order valence-electron chi connectivity index (χ1n) is 7.83. The van der Waals surface area contributed by atoms with Crippen molar-refractivity contribution in [2.24, 2.45) is 0 Å². The zero-order valence-corrected chi connectivity index (χ0v) is 13.7. The molecule has 2 nitrogen and oxygen atoms in total. The molecule has 0 saturated carbocycles. The van der Waals surface area contributed by atoms with Crippen LogP contribution in [0, 0.1) is 6.92 Å². The Bertz CT molecular complexity index is 298. The number of aryl methyl sites for hydroxylation is 1. The van der Waals surface area contributed by atoms with Crippen LogP contribution in [0.15, 0.2) is 24.3 Å². The Morgan fingerprint density at radius 2 is 1.32 bits per heavy atom. The molecule has 0 N–H and O–H groups in total. The van der Waals surface area contributed by atoms with E-state index in [0.29, 0.717) is 0 Å². The molecule has 0 spiro atoms. The van der Waals surface area contributed by atoms with Crippen LogP contribution >= 0.6 is 0 Å². The molecule has 0 radical (unpaired) electrons. The van der Waals surface area contributed by atoms with Crippen LogP contribution in [0.4, 0.5) is 5.69 Å².